The molecule has 282 valence electrons. The molecule has 52 heavy (non-hydrogen) atoms. The minimum Gasteiger partial charge on any atom is -0.497 e. The molecule has 1 unspecified atom stereocenters. The standard InChI is InChI=1S/C44H59NO7/c1-40-18-15-33(46)25-42(40)21-22-44(36(26-42)39(48)32-11-13-35(51-4)14-12-32)37(40)16-19-41(2)38(44)17-20-43(41,49)30-45(23-8-24-50-3)27-34(47)29-52-28-31-9-6-5-7-10-31/h5-7,9-14,21-22,26,33-34,37-38,46-47,49H,8,15-20,23-25,27-30H2,1-4H3/t33?,34-,37-,38-,40-,41+,42+,43-,44-/m1/s1. The number of carbonyl (C=O) groups excluding carboxylic acids is 1. The van der Waals surface area contributed by atoms with E-state index in [0.29, 0.717) is 57.0 Å². The van der Waals surface area contributed by atoms with Crippen LogP contribution in [0.1, 0.15) is 81.1 Å². The van der Waals surface area contributed by atoms with Crippen LogP contribution < -0.4 is 4.74 Å². The third-order valence-corrected chi connectivity index (χ3v) is 14.5. The summed E-state index contributed by atoms with van der Waals surface area (Å²) >= 11 is 0. The Labute approximate surface area is 309 Å². The molecule has 2 aromatic carbocycles. The van der Waals surface area contributed by atoms with Crippen molar-refractivity contribution in [2.45, 2.75) is 89.6 Å². The zero-order chi connectivity index (χ0) is 36.8. The first-order valence-corrected chi connectivity index (χ1v) is 19.5. The van der Waals surface area contributed by atoms with Gasteiger partial charge < -0.3 is 29.5 Å². The van der Waals surface area contributed by atoms with Crippen LogP contribution in [0.4, 0.5) is 0 Å². The summed E-state index contributed by atoms with van der Waals surface area (Å²) in [4.78, 5) is 17.1. The van der Waals surface area contributed by atoms with Crippen molar-refractivity contribution in [2.75, 3.05) is 47.1 Å². The van der Waals surface area contributed by atoms with Gasteiger partial charge in [0.2, 0.25) is 0 Å². The number of aliphatic hydroxyl groups excluding tert-OH is 2. The van der Waals surface area contributed by atoms with Gasteiger partial charge in [-0.1, -0.05) is 62.4 Å². The van der Waals surface area contributed by atoms with E-state index in [9.17, 15) is 20.1 Å². The zero-order valence-electron chi connectivity index (χ0n) is 31.6. The molecule has 3 saturated carbocycles. The fraction of sp³-hybridized carbons (Fsp3) is 0.614. The molecule has 0 aliphatic heterocycles. The number of benzene rings is 2. The second kappa shape index (κ2) is 14.4. The van der Waals surface area contributed by atoms with E-state index >= 15 is 0 Å². The Morgan fingerprint density at radius 2 is 1.65 bits per heavy atom. The van der Waals surface area contributed by atoms with Gasteiger partial charge in [-0.3, -0.25) is 9.69 Å². The summed E-state index contributed by atoms with van der Waals surface area (Å²) in [6.07, 6.45) is 12.2. The average molecular weight is 714 g/mol. The number of methoxy groups -OCH3 is 2. The van der Waals surface area contributed by atoms with E-state index in [-0.39, 0.29) is 35.1 Å². The molecule has 2 bridgehead atoms. The van der Waals surface area contributed by atoms with Gasteiger partial charge in [0, 0.05) is 60.7 Å². The first-order chi connectivity index (χ1) is 24.9. The number of ketones is 1. The first kappa shape index (κ1) is 37.5. The maximum Gasteiger partial charge on any atom is 0.189 e. The molecule has 0 heterocycles. The van der Waals surface area contributed by atoms with Crippen molar-refractivity contribution in [2.24, 2.45) is 33.5 Å². The molecule has 0 saturated heterocycles. The fourth-order valence-electron chi connectivity index (χ4n) is 11.8. The Morgan fingerprint density at radius 1 is 0.942 bits per heavy atom. The van der Waals surface area contributed by atoms with E-state index in [1.54, 1.807) is 14.2 Å². The van der Waals surface area contributed by atoms with E-state index in [1.807, 2.05) is 54.6 Å². The van der Waals surface area contributed by atoms with Crippen molar-refractivity contribution in [3.05, 3.63) is 89.5 Å². The maximum absolute atomic E-state index is 14.8. The Balaban J connectivity index is 1.19. The minimum atomic E-state index is -1.02. The van der Waals surface area contributed by atoms with Crippen molar-refractivity contribution >= 4 is 5.78 Å². The number of Topliss-reactive ketones (excluding diaryl/α,β-unsaturated/α-hetero) is 1. The van der Waals surface area contributed by atoms with Crippen LogP contribution in [0.5, 0.6) is 5.75 Å². The van der Waals surface area contributed by atoms with Crippen molar-refractivity contribution in [1.82, 2.24) is 4.90 Å². The van der Waals surface area contributed by atoms with Gasteiger partial charge in [-0.05, 0) is 98.4 Å². The largest absolute Gasteiger partial charge is 0.497 e. The van der Waals surface area contributed by atoms with Crippen LogP contribution in [0.25, 0.3) is 0 Å². The SMILES string of the molecule is COCCCN(C[C@@H](O)COCc1ccccc1)C[C@]1(O)CC[C@H]2[C@]34C=C[C@@]5(C=C3C(=O)c3ccc(OC)cc3)CC(O)CC[C@]5(C)[C@H]4CC[C@@]21C. The quantitative estimate of drug-likeness (QED) is 0.111. The zero-order valence-corrected chi connectivity index (χ0v) is 31.6. The fourth-order valence-corrected chi connectivity index (χ4v) is 11.8. The van der Waals surface area contributed by atoms with Gasteiger partial charge in [0.15, 0.2) is 5.78 Å². The van der Waals surface area contributed by atoms with Gasteiger partial charge >= 0.3 is 0 Å². The van der Waals surface area contributed by atoms with Gasteiger partial charge in [0.25, 0.3) is 0 Å². The number of rotatable bonds is 15. The molecule has 2 spiro atoms. The minimum absolute atomic E-state index is 0.0398. The molecule has 3 fully saturated rings. The van der Waals surface area contributed by atoms with E-state index in [2.05, 4.69) is 37.0 Å². The van der Waals surface area contributed by atoms with E-state index in [1.165, 1.54) is 0 Å². The number of aliphatic hydroxyl groups is 3. The predicted molar refractivity (Wildman–Crippen MR) is 201 cm³/mol. The summed E-state index contributed by atoms with van der Waals surface area (Å²) in [6.45, 7) is 7.44. The lowest BCUT2D eigenvalue weighted by atomic mass is 9.32. The van der Waals surface area contributed by atoms with Gasteiger partial charge in [0.05, 0.1) is 38.1 Å². The number of ether oxygens (including phenoxy) is 3. The monoisotopic (exact) mass is 713 g/mol. The highest BCUT2D eigenvalue weighted by Crippen LogP contribution is 2.78. The van der Waals surface area contributed by atoms with Gasteiger partial charge in [0.1, 0.15) is 5.75 Å². The van der Waals surface area contributed by atoms with Crippen LogP contribution in [0.2, 0.25) is 0 Å². The number of hydrogen-bond donors (Lipinski definition) is 3. The Bertz CT molecular complexity index is 1640. The highest BCUT2D eigenvalue weighted by atomic mass is 16.5. The lowest BCUT2D eigenvalue weighted by Crippen LogP contribution is -2.67. The second-order valence-corrected chi connectivity index (χ2v) is 17.1. The lowest BCUT2D eigenvalue weighted by molar-refractivity contribution is -0.177. The Hall–Kier alpha value is -2.85. The molecule has 2 aromatic rings. The Kier molecular flexibility index (Phi) is 10.4. The summed E-state index contributed by atoms with van der Waals surface area (Å²) < 4.78 is 16.7. The number of fused-ring (bicyclic) bond motifs is 1. The normalized spacial score (nSPS) is 36.5. The van der Waals surface area contributed by atoms with Crippen molar-refractivity contribution in [3.63, 3.8) is 0 Å². The number of carbonyl (C=O) groups is 1. The average Bonchev–Trinajstić information content (AvgIpc) is 3.41. The molecule has 0 aromatic heterocycles. The molecular formula is C44H59NO7. The van der Waals surface area contributed by atoms with Crippen molar-refractivity contribution in [1.29, 1.82) is 0 Å². The van der Waals surface area contributed by atoms with E-state index in [0.717, 1.165) is 49.7 Å². The number of nitrogens with zero attached hydrogens (tertiary/aromatic N) is 1. The summed E-state index contributed by atoms with van der Waals surface area (Å²) in [5.41, 5.74) is 0.0600. The van der Waals surface area contributed by atoms with E-state index < -0.39 is 28.6 Å². The van der Waals surface area contributed by atoms with Gasteiger partial charge in [-0.15, -0.1) is 0 Å². The third-order valence-electron chi connectivity index (χ3n) is 14.5. The van der Waals surface area contributed by atoms with E-state index in [4.69, 9.17) is 14.2 Å². The van der Waals surface area contributed by atoms with Crippen LogP contribution in [0, 0.1) is 33.5 Å². The summed E-state index contributed by atoms with van der Waals surface area (Å²) in [6, 6.07) is 17.4. The molecule has 3 N–H and O–H groups in total. The number of hydrogen-bond acceptors (Lipinski definition) is 8. The highest BCUT2D eigenvalue weighted by Gasteiger charge is 2.74. The third kappa shape index (κ3) is 6.11. The molecule has 8 nitrogen and oxygen atoms in total. The van der Waals surface area contributed by atoms with Crippen molar-refractivity contribution in [3.8, 4) is 5.75 Å². The maximum atomic E-state index is 14.8. The lowest BCUT2D eigenvalue weighted by Gasteiger charge is -2.71. The molecule has 6 aliphatic carbocycles. The van der Waals surface area contributed by atoms with Crippen molar-refractivity contribution < 1.29 is 34.3 Å². The van der Waals surface area contributed by atoms with Crippen LogP contribution in [-0.4, -0.2) is 90.9 Å². The molecule has 8 heteroatoms. The smallest absolute Gasteiger partial charge is 0.189 e. The molecule has 6 aliphatic rings. The molecule has 8 rings (SSSR count). The topological polar surface area (TPSA) is 109 Å². The van der Waals surface area contributed by atoms with Crippen LogP contribution in [-0.2, 0) is 16.1 Å². The summed E-state index contributed by atoms with van der Waals surface area (Å²) in [7, 11) is 3.33. The van der Waals surface area contributed by atoms with Crippen LogP contribution in [0.3, 0.4) is 0 Å². The van der Waals surface area contributed by atoms with Crippen LogP contribution >= 0.6 is 0 Å². The van der Waals surface area contributed by atoms with Crippen LogP contribution in [0.15, 0.2) is 78.4 Å². The molecule has 0 radical (unpaired) electrons. The van der Waals surface area contributed by atoms with Gasteiger partial charge in [-0.2, -0.15) is 0 Å². The summed E-state index contributed by atoms with van der Waals surface area (Å²) in [5.74, 6) is 1.03. The molecule has 9 atom stereocenters. The predicted octanol–water partition coefficient (Wildman–Crippen LogP) is 6.39. The second-order valence-electron chi connectivity index (χ2n) is 17.1. The highest BCUT2D eigenvalue weighted by molar-refractivity contribution is 6.10. The summed E-state index contributed by atoms with van der Waals surface area (Å²) in [5, 5.41) is 35.2. The van der Waals surface area contributed by atoms with Gasteiger partial charge in [-0.25, -0.2) is 0 Å². The Morgan fingerprint density at radius 3 is 2.38 bits per heavy atom. The number of allylic oxidation sites excluding steroid dienone is 4. The first-order valence-electron chi connectivity index (χ1n) is 19.5. The molecular weight excluding hydrogens is 654 g/mol. The molecule has 0 amide bonds.